The zero-order valence-corrected chi connectivity index (χ0v) is 45.2. The van der Waals surface area contributed by atoms with Crippen molar-refractivity contribution < 1.29 is 31.9 Å². The second kappa shape index (κ2) is 26.0. The Morgan fingerprint density at radius 3 is 1.46 bits per heavy atom. The number of amides is 3. The first-order valence-electron chi connectivity index (χ1n) is 24.5. The second-order valence-corrected chi connectivity index (χ2v) is 18.9. The Hall–Kier alpha value is -10.5. The summed E-state index contributed by atoms with van der Waals surface area (Å²) in [5.41, 5.74) is 10.0. The number of nitriles is 1. The Balaban J connectivity index is 0.000000175. The van der Waals surface area contributed by atoms with Crippen molar-refractivity contribution in [3.05, 3.63) is 251 Å². The summed E-state index contributed by atoms with van der Waals surface area (Å²) in [5, 5.41) is 16.5. The Bertz CT molecular complexity index is 4460. The van der Waals surface area contributed by atoms with Crippen LogP contribution >= 0.6 is 34.8 Å². The smallest absolute Gasteiger partial charge is 0.267 e. The first-order valence-corrected chi connectivity index (χ1v) is 25.7. The van der Waals surface area contributed by atoms with E-state index in [1.54, 1.807) is 55.1 Å². The molecular weight excluding hydrogens is 1160 g/mol. The minimum atomic E-state index is -1.03. The summed E-state index contributed by atoms with van der Waals surface area (Å²) in [4.78, 5) is 97.0. The molecule has 0 unspecified atom stereocenters. The number of benzene rings is 2. The summed E-state index contributed by atoms with van der Waals surface area (Å²) in [7, 11) is 0. The highest BCUT2D eigenvalue weighted by atomic mass is 35.5. The maximum atomic E-state index is 13.6. The number of nitrogens with two attached hydrogens (primary N) is 1. The molecular formula is C57H38Cl3F4N15O5. The molecule has 0 saturated carbocycles. The first kappa shape index (κ1) is 58.2. The van der Waals surface area contributed by atoms with E-state index in [1.807, 2.05) is 24.3 Å². The molecule has 0 bridgehead atoms. The standard InChI is InChI=1S/C27H20F2N6O3.C27H18F2N6O2.C3Cl3N3/c28-21-6-5-15(9-22(21)29)14-35-8-2-4-19(27(35)38)26(37)33-12-17-10-16(11-23(34-17)24(30)36)20-13-32-25-18(20)3-1-7-31-25;28-23-6-5-16(9-24(23)29)15-35-8-2-4-21(27(35)37)26(36)33-13-19-11-17(10-18(12-30)34-19)22-14-32-25-20(22)3-1-7-31-25;4-1-7-2(5)9-3(6)8-1/h1-11,13H,12,14H2,(H2,30,36)(H,31,32)(H,33,37);1-11,14H,13,15H2,(H,31,32)(H,33,36);. The number of hydrogen-bond acceptors (Lipinski definition) is 13. The number of halogens is 7. The maximum Gasteiger partial charge on any atom is 0.267 e. The molecule has 420 valence electrons. The highest BCUT2D eigenvalue weighted by Gasteiger charge is 2.18. The van der Waals surface area contributed by atoms with Crippen molar-refractivity contribution in [3.8, 4) is 28.3 Å². The SMILES string of the molecule is Clc1nc(Cl)nc(Cl)n1.N#Cc1cc(-c2c[nH]c3ncccc23)cc(CNC(=O)c2cccn(Cc3ccc(F)c(F)c3)c2=O)n1.NC(=O)c1cc(-c2c[nH]c3ncccc23)cc(CNC(=O)c2cccn(Cc3ccc(F)c(F)c3)c2=O)n1. The summed E-state index contributed by atoms with van der Waals surface area (Å²) in [6.07, 6.45) is 9.77. The van der Waals surface area contributed by atoms with E-state index in [1.165, 1.54) is 57.9 Å². The van der Waals surface area contributed by atoms with Gasteiger partial charge in [-0.2, -0.15) is 20.2 Å². The highest BCUT2D eigenvalue weighted by molar-refractivity contribution is 6.33. The number of H-pyrrole nitrogens is 2. The van der Waals surface area contributed by atoms with Crippen LogP contribution in [-0.4, -0.2) is 71.7 Å². The van der Waals surface area contributed by atoms with Gasteiger partial charge in [0, 0.05) is 59.1 Å². The molecule has 11 rings (SSSR count). The average Bonchev–Trinajstić information content (AvgIpc) is 4.35. The Kier molecular flexibility index (Phi) is 18.0. The van der Waals surface area contributed by atoms with Crippen LogP contribution in [0.3, 0.4) is 0 Å². The number of pyridine rings is 6. The van der Waals surface area contributed by atoms with Gasteiger partial charge in [0.1, 0.15) is 39.9 Å². The normalized spacial score (nSPS) is 10.8. The van der Waals surface area contributed by atoms with Gasteiger partial charge < -0.3 is 35.5 Å². The van der Waals surface area contributed by atoms with Crippen LogP contribution in [-0.2, 0) is 26.2 Å². The molecule has 11 aromatic rings. The number of nitrogens with zero attached hydrogens (tertiary/aromatic N) is 10. The highest BCUT2D eigenvalue weighted by Crippen LogP contribution is 2.30. The van der Waals surface area contributed by atoms with Gasteiger partial charge in [-0.3, -0.25) is 24.0 Å². The fraction of sp³-hybridized carbons (Fsp3) is 0.0702. The summed E-state index contributed by atoms with van der Waals surface area (Å²) < 4.78 is 56.0. The van der Waals surface area contributed by atoms with E-state index >= 15 is 0 Å². The predicted octanol–water partition coefficient (Wildman–Crippen LogP) is 8.89. The van der Waals surface area contributed by atoms with Crippen LogP contribution < -0.4 is 27.5 Å². The van der Waals surface area contributed by atoms with E-state index in [-0.39, 0.29) is 64.5 Å². The molecule has 9 heterocycles. The van der Waals surface area contributed by atoms with E-state index in [2.05, 4.69) is 55.5 Å². The van der Waals surface area contributed by atoms with Gasteiger partial charge in [0.25, 0.3) is 28.8 Å². The zero-order chi connectivity index (χ0) is 59.6. The van der Waals surface area contributed by atoms with Gasteiger partial charge in [-0.15, -0.1) is 0 Å². The fourth-order valence-electron chi connectivity index (χ4n) is 8.41. The van der Waals surface area contributed by atoms with Crippen molar-refractivity contribution in [1.82, 2.24) is 64.6 Å². The quantitative estimate of drug-likeness (QED) is 0.0675. The van der Waals surface area contributed by atoms with E-state index in [0.717, 1.165) is 51.7 Å². The summed E-state index contributed by atoms with van der Waals surface area (Å²) in [5.74, 6) is -6.06. The number of aromatic nitrogens is 11. The van der Waals surface area contributed by atoms with E-state index in [0.29, 0.717) is 39.4 Å². The van der Waals surface area contributed by atoms with Gasteiger partial charge in [0.2, 0.25) is 15.9 Å². The third-order valence-electron chi connectivity index (χ3n) is 12.3. The van der Waals surface area contributed by atoms with Crippen LogP contribution in [0.5, 0.6) is 0 Å². The van der Waals surface area contributed by atoms with Gasteiger partial charge in [-0.05, 0) is 154 Å². The number of primary amides is 1. The number of carbonyl (C=O) groups excluding carboxylic acids is 3. The molecule has 9 aromatic heterocycles. The topological polar surface area (TPSA) is 291 Å². The molecule has 0 radical (unpaired) electrons. The van der Waals surface area contributed by atoms with Crippen molar-refractivity contribution in [2.24, 2.45) is 5.73 Å². The zero-order valence-electron chi connectivity index (χ0n) is 42.9. The summed E-state index contributed by atoms with van der Waals surface area (Å²) in [6.45, 7) is -0.210. The number of nitrogens with one attached hydrogen (secondary N) is 4. The minimum Gasteiger partial charge on any atom is -0.364 e. The van der Waals surface area contributed by atoms with Crippen molar-refractivity contribution in [2.75, 3.05) is 0 Å². The maximum absolute atomic E-state index is 13.6. The summed E-state index contributed by atoms with van der Waals surface area (Å²) in [6, 6.07) is 28.5. The van der Waals surface area contributed by atoms with Gasteiger partial charge >= 0.3 is 0 Å². The van der Waals surface area contributed by atoms with Crippen LogP contribution in [0.4, 0.5) is 17.6 Å². The van der Waals surface area contributed by atoms with E-state index < -0.39 is 52.1 Å². The Morgan fingerprint density at radius 2 is 1.02 bits per heavy atom. The third kappa shape index (κ3) is 14.0. The van der Waals surface area contributed by atoms with Crippen molar-refractivity contribution in [2.45, 2.75) is 26.2 Å². The van der Waals surface area contributed by atoms with E-state index in [4.69, 9.17) is 40.5 Å². The molecule has 0 atom stereocenters. The fourth-order valence-corrected chi connectivity index (χ4v) is 9.02. The van der Waals surface area contributed by atoms with Crippen LogP contribution in [0.25, 0.3) is 44.3 Å². The molecule has 0 spiro atoms. The number of carbonyl (C=O) groups is 3. The molecule has 2 aromatic carbocycles. The lowest BCUT2D eigenvalue weighted by molar-refractivity contribution is 0.0940. The lowest BCUT2D eigenvalue weighted by Crippen LogP contribution is -2.33. The molecule has 0 aliphatic rings. The molecule has 0 aliphatic carbocycles. The molecule has 0 aliphatic heterocycles. The molecule has 27 heteroatoms. The predicted molar refractivity (Wildman–Crippen MR) is 301 cm³/mol. The summed E-state index contributed by atoms with van der Waals surface area (Å²) >= 11 is 16.0. The molecule has 20 nitrogen and oxygen atoms in total. The molecule has 6 N–H and O–H groups in total. The number of hydrogen-bond donors (Lipinski definition) is 5. The van der Waals surface area contributed by atoms with Crippen molar-refractivity contribution >= 4 is 74.6 Å². The van der Waals surface area contributed by atoms with Crippen molar-refractivity contribution in [3.63, 3.8) is 0 Å². The van der Waals surface area contributed by atoms with Gasteiger partial charge in [-0.1, -0.05) is 12.1 Å². The molecule has 0 fully saturated rings. The van der Waals surface area contributed by atoms with Crippen molar-refractivity contribution in [1.29, 1.82) is 5.26 Å². The van der Waals surface area contributed by atoms with Crippen LogP contribution in [0, 0.1) is 34.6 Å². The lowest BCUT2D eigenvalue weighted by Gasteiger charge is -2.10. The first-order chi connectivity index (χ1) is 40.4. The van der Waals surface area contributed by atoms with Gasteiger partial charge in [0.15, 0.2) is 23.3 Å². The Morgan fingerprint density at radius 1 is 0.571 bits per heavy atom. The van der Waals surface area contributed by atoms with Crippen LogP contribution in [0.15, 0.2) is 156 Å². The molecule has 3 amide bonds. The number of fused-ring (bicyclic) bond motifs is 2. The van der Waals surface area contributed by atoms with Crippen LogP contribution in [0.1, 0.15) is 59.4 Å². The number of rotatable bonds is 13. The number of aromatic amines is 2. The van der Waals surface area contributed by atoms with Gasteiger partial charge in [0.05, 0.1) is 37.6 Å². The molecule has 84 heavy (non-hydrogen) atoms. The largest absolute Gasteiger partial charge is 0.364 e. The molecule has 0 saturated heterocycles. The van der Waals surface area contributed by atoms with E-state index in [9.17, 15) is 46.8 Å². The van der Waals surface area contributed by atoms with Crippen LogP contribution in [0.2, 0.25) is 15.9 Å². The van der Waals surface area contributed by atoms with Gasteiger partial charge in [-0.25, -0.2) is 37.5 Å². The second-order valence-electron chi connectivity index (χ2n) is 17.9. The Labute approximate surface area is 485 Å². The minimum absolute atomic E-state index is 0.000000000000000444. The third-order valence-corrected chi connectivity index (χ3v) is 12.8. The average molecular weight is 1200 g/mol. The monoisotopic (exact) mass is 1190 g/mol. The lowest BCUT2D eigenvalue weighted by atomic mass is 10.0.